The van der Waals surface area contributed by atoms with Crippen LogP contribution < -0.4 is 4.90 Å². The van der Waals surface area contributed by atoms with Gasteiger partial charge in [0.05, 0.1) is 16.8 Å². The van der Waals surface area contributed by atoms with Crippen molar-refractivity contribution in [2.45, 2.75) is 76.2 Å². The summed E-state index contributed by atoms with van der Waals surface area (Å²) in [5, 5.41) is 3.35. The third-order valence-corrected chi connectivity index (χ3v) is 9.31. The fourth-order valence-electron chi connectivity index (χ4n) is 6.81. The molecule has 0 amide bonds. The minimum Gasteiger partial charge on any atom is -0.340 e. The van der Waals surface area contributed by atoms with E-state index in [9.17, 15) is 45.1 Å². The molecule has 2 aromatic heterocycles. The van der Waals surface area contributed by atoms with Gasteiger partial charge >= 0.3 is 0 Å². The summed E-state index contributed by atoms with van der Waals surface area (Å²) in [5.41, 5.74) is -4.65. The second-order valence-electron chi connectivity index (χ2n) is 13.1. The molecule has 1 atom stereocenters. The molecule has 2 aromatic carbocycles. The smallest absolute Gasteiger partial charge is 0.290 e. The second kappa shape index (κ2) is 14.4. The van der Waals surface area contributed by atoms with Crippen LogP contribution in [0.1, 0.15) is 89.9 Å². The lowest BCUT2D eigenvalue weighted by molar-refractivity contribution is -0.121. The van der Waals surface area contributed by atoms with Crippen LogP contribution in [0.2, 0.25) is 0 Å². The lowest BCUT2D eigenvalue weighted by Crippen LogP contribution is -2.35. The van der Waals surface area contributed by atoms with Gasteiger partial charge in [0.15, 0.2) is 11.6 Å². The number of nitrogens with zero attached hydrogens (tertiary/aromatic N) is 5. The Hall–Kier alpha value is -5.09. The third kappa shape index (κ3) is 7.83. The SMILES string of the molecule is CC(=O)c1cc(-c2cnc(N3CCC(=O)CC3)nc2[C@@H](CC(=O)Cn2nc(C(F)F)c3c2C(F)(F)CCC3(F)F)Cc2cc(F)cc(F)c2)ccc1F. The summed E-state index contributed by atoms with van der Waals surface area (Å²) in [5.74, 6) is -13.6. The fraction of sp³-hybridized carbons (Fsp3) is 0.389. The Morgan fingerprint density at radius 1 is 0.906 bits per heavy atom. The Bertz CT molecular complexity index is 2070. The fourth-order valence-corrected chi connectivity index (χ4v) is 6.81. The van der Waals surface area contributed by atoms with Crippen molar-refractivity contribution in [1.29, 1.82) is 0 Å². The Labute approximate surface area is 296 Å². The highest BCUT2D eigenvalue weighted by Gasteiger charge is 2.55. The van der Waals surface area contributed by atoms with Crippen LogP contribution in [0, 0.1) is 17.5 Å². The highest BCUT2D eigenvalue weighted by molar-refractivity contribution is 5.95. The molecule has 8 nitrogen and oxygen atoms in total. The number of benzene rings is 2. The first kappa shape index (κ1) is 37.7. The number of hydrogen-bond donors (Lipinski definition) is 0. The minimum atomic E-state index is -4.08. The predicted octanol–water partition coefficient (Wildman–Crippen LogP) is 8.03. The van der Waals surface area contributed by atoms with Crippen molar-refractivity contribution in [3.8, 4) is 11.1 Å². The zero-order valence-electron chi connectivity index (χ0n) is 27.9. The van der Waals surface area contributed by atoms with E-state index in [0.717, 1.165) is 25.1 Å². The van der Waals surface area contributed by atoms with E-state index < -0.39 is 96.0 Å². The first-order valence-corrected chi connectivity index (χ1v) is 16.5. The Balaban J connectivity index is 1.47. The molecule has 4 aromatic rings. The van der Waals surface area contributed by atoms with Gasteiger partial charge in [-0.2, -0.15) is 13.9 Å². The van der Waals surface area contributed by atoms with E-state index in [2.05, 4.69) is 15.1 Å². The molecule has 6 rings (SSSR count). The molecular formula is C36H30F9N5O3. The largest absolute Gasteiger partial charge is 0.340 e. The van der Waals surface area contributed by atoms with Crippen LogP contribution in [0.4, 0.5) is 45.5 Å². The molecule has 1 aliphatic carbocycles. The first-order valence-electron chi connectivity index (χ1n) is 16.5. The number of fused-ring (bicyclic) bond motifs is 1. The molecule has 1 saturated heterocycles. The third-order valence-electron chi connectivity index (χ3n) is 9.31. The normalized spacial score (nSPS) is 17.2. The van der Waals surface area contributed by atoms with Gasteiger partial charge in [0.25, 0.3) is 18.3 Å². The topological polar surface area (TPSA) is 98.0 Å². The summed E-state index contributed by atoms with van der Waals surface area (Å²) in [6, 6.07) is 6.09. The van der Waals surface area contributed by atoms with Gasteiger partial charge in [0.1, 0.15) is 41.2 Å². The van der Waals surface area contributed by atoms with Crippen molar-refractivity contribution in [3.05, 3.63) is 93.8 Å². The summed E-state index contributed by atoms with van der Waals surface area (Å²) < 4.78 is 131. The Morgan fingerprint density at radius 2 is 1.57 bits per heavy atom. The second-order valence-corrected chi connectivity index (χ2v) is 13.1. The van der Waals surface area contributed by atoms with Crippen LogP contribution >= 0.6 is 0 Å². The number of Topliss-reactive ketones (excluding diaryl/α,β-unsaturated/α-hetero) is 3. The van der Waals surface area contributed by atoms with Gasteiger partial charge in [-0.3, -0.25) is 19.1 Å². The quantitative estimate of drug-likeness (QED) is 0.113. The van der Waals surface area contributed by atoms with Crippen molar-refractivity contribution in [2.24, 2.45) is 0 Å². The standard InChI is InChI=1S/C36H30F9N5O3/c1-18(51)26-14-20(2-3-28(26)39)27-16-46-34(49-8-4-24(52)5-9-49)47-30(27)21(10-19-11-22(37)15-23(38)12-19)13-25(53)17-50-32-29(31(48-50)33(40)41)35(42,43)6-7-36(32,44)45/h2-3,11-12,14-16,21,33H,4-10,13,17H2,1H3/t21-/m1/s1. The Kier molecular flexibility index (Phi) is 10.2. The molecule has 2 aliphatic rings. The van der Waals surface area contributed by atoms with Crippen molar-refractivity contribution in [2.75, 3.05) is 18.0 Å². The number of aromatic nitrogens is 4. The first-order chi connectivity index (χ1) is 24.9. The van der Waals surface area contributed by atoms with Crippen LogP contribution in [0.25, 0.3) is 11.1 Å². The van der Waals surface area contributed by atoms with Crippen LogP contribution in [0.5, 0.6) is 0 Å². The van der Waals surface area contributed by atoms with E-state index in [1.807, 2.05) is 0 Å². The summed E-state index contributed by atoms with van der Waals surface area (Å²) in [4.78, 5) is 48.7. The van der Waals surface area contributed by atoms with Gasteiger partial charge in [0, 0.05) is 68.9 Å². The van der Waals surface area contributed by atoms with E-state index in [1.54, 1.807) is 4.90 Å². The number of carbonyl (C=O) groups excluding carboxylic acids is 3. The molecule has 0 saturated carbocycles. The molecule has 0 bridgehead atoms. The number of anilines is 1. The minimum absolute atomic E-state index is 0.00285. The molecule has 0 N–H and O–H groups in total. The summed E-state index contributed by atoms with van der Waals surface area (Å²) >= 11 is 0. The van der Waals surface area contributed by atoms with Crippen LogP contribution in [-0.2, 0) is 34.4 Å². The maximum absolute atomic E-state index is 15.1. The molecule has 1 aliphatic heterocycles. The number of hydrogen-bond acceptors (Lipinski definition) is 7. The molecule has 53 heavy (non-hydrogen) atoms. The van der Waals surface area contributed by atoms with Crippen LogP contribution in [0.3, 0.4) is 0 Å². The average molecular weight is 752 g/mol. The van der Waals surface area contributed by atoms with Gasteiger partial charge in [0.2, 0.25) is 5.95 Å². The Morgan fingerprint density at radius 3 is 2.21 bits per heavy atom. The maximum Gasteiger partial charge on any atom is 0.290 e. The van der Waals surface area contributed by atoms with Gasteiger partial charge in [-0.05, 0) is 48.7 Å². The molecule has 0 spiro atoms. The zero-order chi connectivity index (χ0) is 38.4. The van der Waals surface area contributed by atoms with E-state index in [0.29, 0.717) is 6.07 Å². The van der Waals surface area contributed by atoms with E-state index in [1.165, 1.54) is 18.3 Å². The average Bonchev–Trinajstić information content (AvgIpc) is 3.48. The van der Waals surface area contributed by atoms with Crippen molar-refractivity contribution >= 4 is 23.3 Å². The number of rotatable bonds is 11. The highest BCUT2D eigenvalue weighted by atomic mass is 19.3. The van der Waals surface area contributed by atoms with Crippen LogP contribution in [-0.4, -0.2) is 50.2 Å². The lowest BCUT2D eigenvalue weighted by Gasteiger charge is -2.29. The highest BCUT2D eigenvalue weighted by Crippen LogP contribution is 2.52. The monoisotopic (exact) mass is 751 g/mol. The number of piperidine rings is 1. The van der Waals surface area contributed by atoms with Crippen molar-refractivity contribution < 1.29 is 53.9 Å². The van der Waals surface area contributed by atoms with Gasteiger partial charge in [-0.1, -0.05) is 6.07 Å². The van der Waals surface area contributed by atoms with Gasteiger partial charge in [-0.15, -0.1) is 0 Å². The molecular weight excluding hydrogens is 721 g/mol. The predicted molar refractivity (Wildman–Crippen MR) is 171 cm³/mol. The molecule has 17 heteroatoms. The summed E-state index contributed by atoms with van der Waals surface area (Å²) in [7, 11) is 0. The van der Waals surface area contributed by atoms with E-state index >= 15 is 8.78 Å². The van der Waals surface area contributed by atoms with E-state index in [4.69, 9.17) is 0 Å². The molecule has 3 heterocycles. The van der Waals surface area contributed by atoms with Gasteiger partial charge < -0.3 is 4.90 Å². The van der Waals surface area contributed by atoms with Gasteiger partial charge in [-0.25, -0.2) is 40.7 Å². The number of alkyl halides is 6. The van der Waals surface area contributed by atoms with Crippen molar-refractivity contribution in [1.82, 2.24) is 19.7 Å². The maximum atomic E-state index is 15.1. The summed E-state index contributed by atoms with van der Waals surface area (Å²) in [6.07, 6.45) is -5.84. The number of carbonyl (C=O) groups is 3. The molecule has 1 fully saturated rings. The number of halogens is 9. The number of ketones is 3. The van der Waals surface area contributed by atoms with Crippen LogP contribution in [0.15, 0.2) is 42.6 Å². The molecule has 0 radical (unpaired) electrons. The molecule has 280 valence electrons. The molecule has 0 unspecified atom stereocenters. The summed E-state index contributed by atoms with van der Waals surface area (Å²) in [6.45, 7) is 0.419. The zero-order valence-corrected chi connectivity index (χ0v) is 27.9. The lowest BCUT2D eigenvalue weighted by atomic mass is 9.86. The van der Waals surface area contributed by atoms with E-state index in [-0.39, 0.29) is 76.7 Å². The van der Waals surface area contributed by atoms with Crippen molar-refractivity contribution in [3.63, 3.8) is 0 Å².